The Hall–Kier alpha value is -5.61. The second-order valence-electron chi connectivity index (χ2n) is 33.5. The maximum Gasteiger partial charge on any atom is 0.472 e. The molecule has 4 N–H and O–H groups in total. The van der Waals surface area contributed by atoms with Gasteiger partial charge >= 0.3 is 33.6 Å². The number of esters is 3. The van der Waals surface area contributed by atoms with Crippen LogP contribution in [0.1, 0.15) is 419 Å². The molecule has 127 heavy (non-hydrogen) atoms. The Bertz CT molecular complexity index is 3090. The van der Waals surface area contributed by atoms with Crippen molar-refractivity contribution in [2.24, 2.45) is 0 Å². The van der Waals surface area contributed by atoms with Gasteiger partial charge in [0.25, 0.3) is 0 Å². The molecule has 0 heterocycles. The first-order chi connectivity index (χ1) is 62.2. The number of rotatable bonds is 95. The van der Waals surface area contributed by atoms with Crippen LogP contribution in [-0.4, -0.2) is 95.9 Å². The number of allylic oxidation sites excluding steroid dienone is 32. The Morgan fingerprint density at radius 3 is 0.661 bits per heavy atom. The van der Waals surface area contributed by atoms with E-state index in [4.69, 9.17) is 32.3 Å². The molecule has 0 bridgehead atoms. The van der Waals surface area contributed by atoms with Crippen LogP contribution in [0, 0.1) is 0 Å². The number of phosphoric ester groups is 2. The number of phosphoric acid groups is 2. The van der Waals surface area contributed by atoms with E-state index in [1.807, 2.05) is 0 Å². The number of hydrogen-bond acceptors (Lipinski definition) is 14. The van der Waals surface area contributed by atoms with E-state index in [0.29, 0.717) is 19.3 Å². The van der Waals surface area contributed by atoms with Crippen molar-refractivity contribution in [2.45, 2.75) is 437 Å². The van der Waals surface area contributed by atoms with E-state index in [1.54, 1.807) is 0 Å². The van der Waals surface area contributed by atoms with Crippen LogP contribution in [0.2, 0.25) is 0 Å². The number of aliphatic hydroxyl groups is 2. The number of unbranched alkanes of at least 4 members (excludes halogenated alkanes) is 40. The van der Waals surface area contributed by atoms with Crippen molar-refractivity contribution in [1.29, 1.82) is 0 Å². The van der Waals surface area contributed by atoms with Crippen LogP contribution in [0.5, 0.6) is 0 Å². The molecule has 18 heteroatoms. The third kappa shape index (κ3) is 101. The number of aliphatic hydroxyl groups excluding tert-OH is 2. The van der Waals surface area contributed by atoms with E-state index in [9.17, 15) is 43.5 Å². The zero-order valence-corrected chi connectivity index (χ0v) is 82.2. The molecule has 5 atom stereocenters. The molecule has 0 aromatic heterocycles. The van der Waals surface area contributed by atoms with E-state index in [2.05, 4.69) is 215 Å². The summed E-state index contributed by atoms with van der Waals surface area (Å²) in [6, 6.07) is 0. The van der Waals surface area contributed by atoms with Gasteiger partial charge in [0.1, 0.15) is 25.4 Å². The average Bonchev–Trinajstić information content (AvgIpc) is 0.899. The van der Waals surface area contributed by atoms with Crippen LogP contribution < -0.4 is 0 Å². The fraction of sp³-hybridized carbons (Fsp3) is 0.679. The lowest BCUT2D eigenvalue weighted by atomic mass is 10.0. The van der Waals surface area contributed by atoms with Gasteiger partial charge in [-0.3, -0.25) is 32.5 Å². The summed E-state index contributed by atoms with van der Waals surface area (Å²) in [5.74, 6) is -1.58. The van der Waals surface area contributed by atoms with Crippen LogP contribution in [-0.2, 0) is 55.8 Å². The van der Waals surface area contributed by atoms with Gasteiger partial charge < -0.3 is 34.2 Å². The summed E-state index contributed by atoms with van der Waals surface area (Å²) in [5, 5.41) is 20.8. The Morgan fingerprint density at radius 1 is 0.228 bits per heavy atom. The molecule has 0 aromatic rings. The van der Waals surface area contributed by atoms with E-state index in [1.165, 1.54) is 173 Å². The lowest BCUT2D eigenvalue weighted by Gasteiger charge is -2.21. The van der Waals surface area contributed by atoms with Gasteiger partial charge in [-0.2, -0.15) is 0 Å². The first-order valence-corrected chi connectivity index (χ1v) is 53.7. The quantitative estimate of drug-likeness (QED) is 0.0146. The molecule has 0 aliphatic carbocycles. The molecule has 0 fully saturated rings. The summed E-state index contributed by atoms with van der Waals surface area (Å²) >= 11 is 0. The van der Waals surface area contributed by atoms with Crippen molar-refractivity contribution in [1.82, 2.24) is 0 Å². The zero-order valence-electron chi connectivity index (χ0n) is 80.4. The molecular weight excluding hydrogens is 1630 g/mol. The number of carbonyl (C=O) groups excluding carboxylic acids is 3. The average molecular weight is 1810 g/mol. The Morgan fingerprint density at radius 2 is 0.417 bits per heavy atom. The molecule has 0 saturated carbocycles. The normalized spacial score (nSPS) is 14.5. The maximum atomic E-state index is 13.1. The van der Waals surface area contributed by atoms with Crippen molar-refractivity contribution in [2.75, 3.05) is 39.6 Å². The van der Waals surface area contributed by atoms with Crippen LogP contribution in [0.4, 0.5) is 0 Å². The lowest BCUT2D eigenvalue weighted by molar-refractivity contribution is -0.161. The fourth-order valence-electron chi connectivity index (χ4n) is 13.7. The molecule has 0 saturated heterocycles. The molecule has 0 aliphatic rings. The smallest absolute Gasteiger partial charge is 0.463 e. The molecular formula is C109H184O16P2. The molecule has 0 aliphatic heterocycles. The van der Waals surface area contributed by atoms with Gasteiger partial charge in [0.15, 0.2) is 6.10 Å². The summed E-state index contributed by atoms with van der Waals surface area (Å²) in [6.07, 6.45) is 133. The highest BCUT2D eigenvalue weighted by Crippen LogP contribution is 2.45. The maximum absolute atomic E-state index is 13.1. The van der Waals surface area contributed by atoms with E-state index in [-0.39, 0.29) is 19.3 Å². The summed E-state index contributed by atoms with van der Waals surface area (Å²) in [7, 11) is -9.83. The lowest BCUT2D eigenvalue weighted by Crippen LogP contribution is -2.30. The van der Waals surface area contributed by atoms with Crippen molar-refractivity contribution < 1.29 is 75.8 Å². The molecule has 16 nitrogen and oxygen atoms in total. The SMILES string of the molecule is CC/C=C\C/C=C\C/C=C\C/C=C\C/C=C\C/C=C\CCCCCCCCCCCCCCCCC(=O)OCC(O)COP(=O)(O)OCC(O)COP(=O)(O)OCC(COC(=O)CCCCCCCCCCCCCCCCC/C=C\C/C=C\C/C=C\C/C=C\CCCCC)OC(=O)CCCCCCCCCC/C=C\C/C=C\C/C=C\C/C=C\C/C=C\C/C=C\CC. The number of ether oxygens (including phenoxy) is 3. The van der Waals surface area contributed by atoms with Crippen molar-refractivity contribution in [3.63, 3.8) is 0 Å². The highest BCUT2D eigenvalue weighted by molar-refractivity contribution is 7.47. The molecule has 0 radical (unpaired) electrons. The van der Waals surface area contributed by atoms with Crippen molar-refractivity contribution in [3.8, 4) is 0 Å². The third-order valence-electron chi connectivity index (χ3n) is 21.3. The third-order valence-corrected chi connectivity index (χ3v) is 23.2. The summed E-state index contributed by atoms with van der Waals surface area (Å²) < 4.78 is 61.7. The van der Waals surface area contributed by atoms with Crippen LogP contribution in [0.15, 0.2) is 194 Å². The Labute approximate surface area is 776 Å². The number of hydrogen-bond donors (Lipinski definition) is 4. The van der Waals surface area contributed by atoms with Gasteiger partial charge in [-0.25, -0.2) is 9.13 Å². The molecule has 0 rings (SSSR count). The van der Waals surface area contributed by atoms with Gasteiger partial charge in [-0.1, -0.05) is 427 Å². The van der Waals surface area contributed by atoms with E-state index < -0.39 is 91.5 Å². The minimum absolute atomic E-state index is 0.0896. The molecule has 5 unspecified atom stereocenters. The van der Waals surface area contributed by atoms with Gasteiger partial charge in [0.2, 0.25) is 0 Å². The highest BCUT2D eigenvalue weighted by atomic mass is 31.2. The Balaban J connectivity index is 4.63. The first-order valence-electron chi connectivity index (χ1n) is 50.7. The van der Waals surface area contributed by atoms with Gasteiger partial charge in [0, 0.05) is 19.3 Å². The van der Waals surface area contributed by atoms with Gasteiger partial charge in [0.05, 0.1) is 26.4 Å². The van der Waals surface area contributed by atoms with Gasteiger partial charge in [-0.05, 0) is 167 Å². The molecule has 726 valence electrons. The molecule has 0 amide bonds. The minimum atomic E-state index is -4.95. The van der Waals surface area contributed by atoms with E-state index in [0.717, 1.165) is 186 Å². The minimum Gasteiger partial charge on any atom is -0.463 e. The highest BCUT2D eigenvalue weighted by Gasteiger charge is 2.30. The predicted octanol–water partition coefficient (Wildman–Crippen LogP) is 32.1. The zero-order chi connectivity index (χ0) is 92.1. The summed E-state index contributed by atoms with van der Waals surface area (Å²) in [6.45, 7) is 2.47. The van der Waals surface area contributed by atoms with Gasteiger partial charge in [-0.15, -0.1) is 0 Å². The fourth-order valence-corrected chi connectivity index (χ4v) is 15.3. The monoisotopic (exact) mass is 1810 g/mol. The second kappa shape index (κ2) is 99.4. The van der Waals surface area contributed by atoms with Crippen molar-refractivity contribution >= 4 is 33.6 Å². The molecule has 0 spiro atoms. The summed E-state index contributed by atoms with van der Waals surface area (Å²) in [5.41, 5.74) is 0. The summed E-state index contributed by atoms with van der Waals surface area (Å²) in [4.78, 5) is 59.2. The van der Waals surface area contributed by atoms with E-state index >= 15 is 0 Å². The Kier molecular flexibility index (Phi) is 95.0. The van der Waals surface area contributed by atoms with Crippen molar-refractivity contribution in [3.05, 3.63) is 194 Å². The van der Waals surface area contributed by atoms with Crippen LogP contribution >= 0.6 is 15.6 Å². The van der Waals surface area contributed by atoms with Crippen LogP contribution in [0.25, 0.3) is 0 Å². The van der Waals surface area contributed by atoms with Crippen LogP contribution in [0.3, 0.4) is 0 Å². The predicted molar refractivity (Wildman–Crippen MR) is 537 cm³/mol. The number of carbonyl (C=O) groups is 3. The first kappa shape index (κ1) is 121. The topological polar surface area (TPSA) is 231 Å². The standard InChI is InChI=1S/C109H184O16P2/c1-4-7-10-13-16-19-22-25-28-31-34-37-40-43-46-48-50-51-53-55-57-59-62-65-68-71-74-77-80-83-86-89-92-95-107(112)119-98-104(110)99-121-126(115,116)122-100-105(111)101-123-127(117,118)124-103-106(125-109(114)97-94-91-88-85-82-79-76-73-70-67-64-61-56-45-42-39-36-33-30-27-24-21-18-15-12-9-6-3)102-120-108(113)96-93-90-87-84-81-78-75-72-69-66-63-60-58-54-52-49-47-44-41-38-35-32-29-26-23-20-17-14-11-8-5-2/h7,9-10,12,16-21,25-30,34-39,43-47,50-51,56,64,67,104-106,110-111H,4-6,8,11,13-15,22-24,31-33,40-42,48-49,52-55,57-63,65-66,68-103H2,1-3H3,(H,115,116)(H,117,118)/b10-7-,12-9-,19-16-,20-17-,21-18-,28-25-,29-26-,30-27-,37-34-,38-35-,39-36-,46-43-,47-44-,51-50-,56-45-,67-64-. The molecule has 0 aromatic carbocycles. The largest absolute Gasteiger partial charge is 0.472 e. The second-order valence-corrected chi connectivity index (χ2v) is 36.4.